The highest BCUT2D eigenvalue weighted by atomic mass is 32.2. The predicted octanol–water partition coefficient (Wildman–Crippen LogP) is 3.27. The Kier molecular flexibility index (Phi) is 6.48. The Labute approximate surface area is 227 Å². The number of imidazole rings is 2. The zero-order valence-corrected chi connectivity index (χ0v) is 22.2. The summed E-state index contributed by atoms with van der Waals surface area (Å²) >= 11 is 1.45. The molecule has 2 aliphatic heterocycles. The standard InChI is InChI=1S/C26H24N5O6PS/c32-20-21-18(14-35-38(34)37-21)36-24(20)31-22-19(28-26(31)39-12-11-15-7-3-1-4-8-15)23(33)30-13-17(27-25(30)29-22)16-9-5-2-6-10-16/h1-10,13,18,20-21,24,32,34H,11-12,14H2,(H,27,29)/t18?,20-,21+,24+,38?/m0/s1. The van der Waals surface area contributed by atoms with E-state index < -0.39 is 33.1 Å². The molecule has 5 aromatic rings. The Balaban J connectivity index is 1.32. The molecule has 0 aliphatic carbocycles. The summed E-state index contributed by atoms with van der Waals surface area (Å²) in [5.41, 5.74) is 2.95. The summed E-state index contributed by atoms with van der Waals surface area (Å²) in [4.78, 5) is 36.2. The Bertz CT molecular complexity index is 1690. The minimum atomic E-state index is -2.10. The van der Waals surface area contributed by atoms with Crippen molar-refractivity contribution in [1.29, 1.82) is 0 Å². The second-order valence-electron chi connectivity index (χ2n) is 9.32. The molecule has 2 aromatic carbocycles. The minimum absolute atomic E-state index is 0.0843. The van der Waals surface area contributed by atoms with Gasteiger partial charge in [0.15, 0.2) is 22.5 Å². The monoisotopic (exact) mass is 565 g/mol. The fourth-order valence-corrected chi connectivity index (χ4v) is 6.79. The van der Waals surface area contributed by atoms with Gasteiger partial charge in [-0.15, -0.1) is 0 Å². The molecule has 0 bridgehead atoms. The number of nitrogens with one attached hydrogen (secondary N) is 1. The van der Waals surface area contributed by atoms with Gasteiger partial charge >= 0.3 is 8.60 Å². The van der Waals surface area contributed by atoms with Gasteiger partial charge in [0, 0.05) is 11.9 Å². The lowest BCUT2D eigenvalue weighted by Crippen LogP contribution is -2.38. The lowest BCUT2D eigenvalue weighted by molar-refractivity contribution is -0.0614. The molecule has 13 heteroatoms. The molecule has 3 N–H and O–H groups in total. The number of aromatic amines is 1. The van der Waals surface area contributed by atoms with Gasteiger partial charge in [0.05, 0.1) is 12.3 Å². The van der Waals surface area contributed by atoms with Crippen LogP contribution in [0.25, 0.3) is 28.2 Å². The summed E-state index contributed by atoms with van der Waals surface area (Å²) in [7, 11) is -2.10. The first-order valence-electron chi connectivity index (χ1n) is 12.4. The van der Waals surface area contributed by atoms with E-state index in [1.165, 1.54) is 21.7 Å². The molecular formula is C26H24N5O6PS. The van der Waals surface area contributed by atoms with Crippen molar-refractivity contribution in [2.45, 2.75) is 36.1 Å². The molecule has 2 unspecified atom stereocenters. The molecule has 11 nitrogen and oxygen atoms in total. The third-order valence-corrected chi connectivity index (χ3v) is 8.64. The molecule has 0 radical (unpaired) electrons. The molecule has 0 amide bonds. The Hall–Kier alpha value is -3.09. The number of benzene rings is 2. The number of nitrogens with zero attached hydrogens (tertiary/aromatic N) is 4. The quantitative estimate of drug-likeness (QED) is 0.209. The zero-order valence-electron chi connectivity index (χ0n) is 20.5. The van der Waals surface area contributed by atoms with E-state index in [1.807, 2.05) is 48.5 Å². The van der Waals surface area contributed by atoms with Crippen LogP contribution in [0.1, 0.15) is 11.8 Å². The van der Waals surface area contributed by atoms with Crippen molar-refractivity contribution in [3.8, 4) is 11.3 Å². The Morgan fingerprint density at radius 1 is 1.10 bits per heavy atom. The van der Waals surface area contributed by atoms with E-state index in [-0.39, 0.29) is 17.7 Å². The second kappa shape index (κ2) is 10.1. The van der Waals surface area contributed by atoms with Crippen molar-refractivity contribution < 1.29 is 23.8 Å². The fraction of sp³-hybridized carbons (Fsp3) is 0.269. The summed E-state index contributed by atoms with van der Waals surface area (Å²) in [5, 5.41) is 11.7. The number of thioether (sulfide) groups is 1. The van der Waals surface area contributed by atoms with Gasteiger partial charge in [-0.1, -0.05) is 72.4 Å². The van der Waals surface area contributed by atoms with Crippen molar-refractivity contribution in [1.82, 2.24) is 23.9 Å². The third kappa shape index (κ3) is 4.48. The maximum atomic E-state index is 13.6. The van der Waals surface area contributed by atoms with E-state index >= 15 is 0 Å². The fourth-order valence-electron chi connectivity index (χ4n) is 4.98. The first-order valence-corrected chi connectivity index (χ1v) is 14.6. The average Bonchev–Trinajstić information content (AvgIpc) is 3.64. The van der Waals surface area contributed by atoms with E-state index in [4.69, 9.17) is 23.8 Å². The van der Waals surface area contributed by atoms with Crippen molar-refractivity contribution in [3.05, 3.63) is 82.8 Å². The topological polar surface area (TPSA) is 136 Å². The predicted molar refractivity (Wildman–Crippen MR) is 145 cm³/mol. The summed E-state index contributed by atoms with van der Waals surface area (Å²) in [6.07, 6.45) is -0.939. The van der Waals surface area contributed by atoms with Gasteiger partial charge in [-0.3, -0.25) is 9.36 Å². The molecule has 2 saturated heterocycles. The maximum Gasteiger partial charge on any atom is 0.330 e. The van der Waals surface area contributed by atoms with Crippen molar-refractivity contribution in [2.75, 3.05) is 12.4 Å². The third-order valence-electron chi connectivity index (χ3n) is 6.89. The van der Waals surface area contributed by atoms with E-state index in [2.05, 4.69) is 17.1 Å². The number of aryl methyl sites for hydroxylation is 1. The summed E-state index contributed by atoms with van der Waals surface area (Å²) in [6.45, 7) is 0.0843. The van der Waals surface area contributed by atoms with Crippen molar-refractivity contribution in [2.24, 2.45) is 0 Å². The molecule has 2 aliphatic rings. The molecule has 39 heavy (non-hydrogen) atoms. The van der Waals surface area contributed by atoms with Crippen LogP contribution in [0.3, 0.4) is 0 Å². The normalized spacial score (nSPS) is 24.9. The van der Waals surface area contributed by atoms with Crippen LogP contribution in [-0.4, -0.2) is 64.6 Å². The summed E-state index contributed by atoms with van der Waals surface area (Å²) in [6, 6.07) is 19.7. The van der Waals surface area contributed by atoms with E-state index in [0.29, 0.717) is 22.3 Å². The van der Waals surface area contributed by atoms with Crippen LogP contribution in [0, 0.1) is 0 Å². The number of aliphatic hydroxyl groups is 1. The first kappa shape index (κ1) is 24.9. The lowest BCUT2D eigenvalue weighted by atomic mass is 10.1. The van der Waals surface area contributed by atoms with Crippen LogP contribution in [0.5, 0.6) is 0 Å². The van der Waals surface area contributed by atoms with Crippen LogP contribution in [0.15, 0.2) is 76.8 Å². The van der Waals surface area contributed by atoms with Gasteiger partial charge in [-0.2, -0.15) is 4.98 Å². The van der Waals surface area contributed by atoms with Gasteiger partial charge in [0.2, 0.25) is 5.78 Å². The molecule has 0 spiro atoms. The highest BCUT2D eigenvalue weighted by molar-refractivity contribution is 7.99. The molecule has 5 heterocycles. The maximum absolute atomic E-state index is 13.6. The molecular weight excluding hydrogens is 541 g/mol. The molecule has 2 fully saturated rings. The van der Waals surface area contributed by atoms with E-state index in [1.54, 1.807) is 10.8 Å². The lowest BCUT2D eigenvalue weighted by Gasteiger charge is -2.27. The second-order valence-corrected chi connectivity index (χ2v) is 11.3. The van der Waals surface area contributed by atoms with Gasteiger partial charge in [0.25, 0.3) is 5.56 Å². The van der Waals surface area contributed by atoms with E-state index in [0.717, 1.165) is 17.7 Å². The van der Waals surface area contributed by atoms with Crippen LogP contribution in [0.4, 0.5) is 0 Å². The largest absolute Gasteiger partial charge is 0.386 e. The van der Waals surface area contributed by atoms with Gasteiger partial charge in [-0.25, -0.2) is 9.38 Å². The molecule has 3 aromatic heterocycles. The number of aliphatic hydroxyl groups excluding tert-OH is 1. The molecule has 0 saturated carbocycles. The number of rotatable bonds is 6. The number of hydrogen-bond donors (Lipinski definition) is 3. The summed E-state index contributed by atoms with van der Waals surface area (Å²) in [5.74, 6) is 1.03. The summed E-state index contributed by atoms with van der Waals surface area (Å²) < 4.78 is 20.0. The number of fused-ring (bicyclic) bond motifs is 3. The van der Waals surface area contributed by atoms with Crippen LogP contribution < -0.4 is 5.56 Å². The van der Waals surface area contributed by atoms with Crippen LogP contribution in [0.2, 0.25) is 0 Å². The highest BCUT2D eigenvalue weighted by Gasteiger charge is 2.50. The SMILES string of the molecule is O=c1c2nc(SCCc3ccccc3)n([C@@H]3OC4COP(O)O[C@H]4[C@@H]3O)c2nc2[nH]c(-c3ccccc3)cn12. The number of ether oxygens (including phenoxy) is 1. The number of hydrogen-bond acceptors (Lipinski definition) is 9. The molecule has 200 valence electrons. The molecule has 7 rings (SSSR count). The molecule has 5 atom stereocenters. The van der Waals surface area contributed by atoms with E-state index in [9.17, 15) is 14.8 Å². The highest BCUT2D eigenvalue weighted by Crippen LogP contribution is 2.47. The minimum Gasteiger partial charge on any atom is -0.386 e. The van der Waals surface area contributed by atoms with Crippen molar-refractivity contribution >= 4 is 37.3 Å². The number of aromatic nitrogens is 5. The van der Waals surface area contributed by atoms with Crippen LogP contribution in [-0.2, 0) is 20.2 Å². The van der Waals surface area contributed by atoms with Crippen LogP contribution >= 0.6 is 20.4 Å². The van der Waals surface area contributed by atoms with Gasteiger partial charge in [0.1, 0.15) is 18.3 Å². The number of H-pyrrole nitrogens is 1. The van der Waals surface area contributed by atoms with Gasteiger partial charge in [-0.05, 0) is 17.5 Å². The Morgan fingerprint density at radius 3 is 2.67 bits per heavy atom. The first-order chi connectivity index (χ1) is 19.1. The zero-order chi connectivity index (χ0) is 26.5. The average molecular weight is 566 g/mol. The van der Waals surface area contributed by atoms with Crippen molar-refractivity contribution in [3.63, 3.8) is 0 Å². The smallest absolute Gasteiger partial charge is 0.330 e. The van der Waals surface area contributed by atoms with Gasteiger partial charge < -0.3 is 28.8 Å². The Morgan fingerprint density at radius 2 is 1.87 bits per heavy atom.